The van der Waals surface area contributed by atoms with Crippen LogP contribution in [0.4, 0.5) is 0 Å². The molecule has 4 nitrogen and oxygen atoms in total. The van der Waals surface area contributed by atoms with Crippen LogP contribution in [0.15, 0.2) is 0 Å². The molecule has 0 aliphatic heterocycles. The minimum Gasteiger partial charge on any atom is -0.396 e. The van der Waals surface area contributed by atoms with E-state index in [1.807, 2.05) is 13.8 Å². The molecule has 0 aliphatic rings. The number of hydrogen-bond donors (Lipinski definition) is 3. The zero-order valence-corrected chi connectivity index (χ0v) is 10.3. The highest BCUT2D eigenvalue weighted by Crippen LogP contribution is 2.07. The normalized spacial score (nSPS) is 13.7. The SMILES string of the molecule is CCC(CCO)CNC(=O)C(C)(C)NC. The molecule has 0 rings (SSSR count). The van der Waals surface area contributed by atoms with Crippen molar-refractivity contribution in [2.24, 2.45) is 5.92 Å². The number of likely N-dealkylation sites (N-methyl/N-ethyl adjacent to an activating group) is 1. The Labute approximate surface area is 92.4 Å². The molecule has 0 aromatic rings. The number of carbonyl (C=O) groups excluding carboxylic acids is 1. The fourth-order valence-electron chi connectivity index (χ4n) is 1.20. The molecule has 1 atom stereocenters. The Morgan fingerprint density at radius 1 is 1.47 bits per heavy atom. The molecule has 1 unspecified atom stereocenters. The molecule has 0 aromatic carbocycles. The van der Waals surface area contributed by atoms with Crippen molar-refractivity contribution in [2.75, 3.05) is 20.2 Å². The van der Waals surface area contributed by atoms with Gasteiger partial charge in [-0.3, -0.25) is 4.79 Å². The fraction of sp³-hybridized carbons (Fsp3) is 0.909. The first-order valence-electron chi connectivity index (χ1n) is 5.56. The summed E-state index contributed by atoms with van der Waals surface area (Å²) in [4.78, 5) is 11.7. The van der Waals surface area contributed by atoms with Gasteiger partial charge in [0.05, 0.1) is 5.54 Å². The molecular formula is C11H24N2O2. The zero-order valence-electron chi connectivity index (χ0n) is 10.3. The first-order valence-corrected chi connectivity index (χ1v) is 5.56. The van der Waals surface area contributed by atoms with Crippen LogP contribution in [0.1, 0.15) is 33.6 Å². The molecule has 0 saturated heterocycles. The zero-order chi connectivity index (χ0) is 11.9. The average molecular weight is 216 g/mol. The van der Waals surface area contributed by atoms with Crippen molar-refractivity contribution in [2.45, 2.75) is 39.2 Å². The Bertz CT molecular complexity index is 193. The molecule has 15 heavy (non-hydrogen) atoms. The van der Waals surface area contributed by atoms with Crippen LogP contribution >= 0.6 is 0 Å². The first-order chi connectivity index (χ1) is 6.97. The van der Waals surface area contributed by atoms with E-state index in [4.69, 9.17) is 5.11 Å². The molecule has 0 aliphatic carbocycles. The van der Waals surface area contributed by atoms with Gasteiger partial charge >= 0.3 is 0 Å². The van der Waals surface area contributed by atoms with Gasteiger partial charge in [0.25, 0.3) is 0 Å². The van der Waals surface area contributed by atoms with E-state index in [9.17, 15) is 4.79 Å². The summed E-state index contributed by atoms with van der Waals surface area (Å²) in [5.74, 6) is 0.369. The highest BCUT2D eigenvalue weighted by Gasteiger charge is 2.25. The number of carbonyl (C=O) groups is 1. The molecule has 0 aromatic heterocycles. The van der Waals surface area contributed by atoms with Crippen molar-refractivity contribution < 1.29 is 9.90 Å². The summed E-state index contributed by atoms with van der Waals surface area (Å²) < 4.78 is 0. The van der Waals surface area contributed by atoms with Gasteiger partial charge in [-0.05, 0) is 33.2 Å². The van der Waals surface area contributed by atoms with Gasteiger partial charge in [-0.2, -0.15) is 0 Å². The van der Waals surface area contributed by atoms with Crippen molar-refractivity contribution in [3.05, 3.63) is 0 Å². The largest absolute Gasteiger partial charge is 0.396 e. The lowest BCUT2D eigenvalue weighted by Crippen LogP contribution is -2.51. The Kier molecular flexibility index (Phi) is 6.52. The molecule has 0 saturated carbocycles. The number of hydrogen-bond acceptors (Lipinski definition) is 3. The van der Waals surface area contributed by atoms with E-state index in [2.05, 4.69) is 17.6 Å². The van der Waals surface area contributed by atoms with E-state index in [0.717, 1.165) is 12.8 Å². The minimum absolute atomic E-state index is 0.00129. The van der Waals surface area contributed by atoms with Crippen LogP contribution in [-0.2, 0) is 4.79 Å². The van der Waals surface area contributed by atoms with Crippen LogP contribution in [0.5, 0.6) is 0 Å². The number of rotatable bonds is 7. The summed E-state index contributed by atoms with van der Waals surface area (Å²) >= 11 is 0. The van der Waals surface area contributed by atoms with Gasteiger partial charge in [0.1, 0.15) is 0 Å². The molecule has 0 radical (unpaired) electrons. The van der Waals surface area contributed by atoms with Crippen LogP contribution < -0.4 is 10.6 Å². The van der Waals surface area contributed by atoms with Gasteiger partial charge in [-0.25, -0.2) is 0 Å². The van der Waals surface area contributed by atoms with Crippen LogP contribution in [0.25, 0.3) is 0 Å². The van der Waals surface area contributed by atoms with Gasteiger partial charge in [0, 0.05) is 13.2 Å². The second-order valence-electron chi connectivity index (χ2n) is 4.37. The molecule has 0 bridgehead atoms. The monoisotopic (exact) mass is 216 g/mol. The summed E-state index contributed by atoms with van der Waals surface area (Å²) in [6.07, 6.45) is 1.72. The fourth-order valence-corrected chi connectivity index (χ4v) is 1.20. The number of aliphatic hydroxyl groups is 1. The van der Waals surface area contributed by atoms with Crippen LogP contribution in [0.3, 0.4) is 0 Å². The summed E-state index contributed by atoms with van der Waals surface area (Å²) in [5.41, 5.74) is -0.530. The predicted octanol–water partition coefficient (Wildman–Crippen LogP) is 0.509. The van der Waals surface area contributed by atoms with E-state index < -0.39 is 5.54 Å². The third kappa shape index (κ3) is 5.14. The lowest BCUT2D eigenvalue weighted by atomic mass is 10.0. The number of aliphatic hydroxyl groups excluding tert-OH is 1. The highest BCUT2D eigenvalue weighted by atomic mass is 16.3. The van der Waals surface area contributed by atoms with Gasteiger partial charge in [-0.1, -0.05) is 13.3 Å². The standard InChI is InChI=1S/C11H24N2O2/c1-5-9(6-7-14)8-13-10(15)11(2,3)12-4/h9,12,14H,5-8H2,1-4H3,(H,13,15). The van der Waals surface area contributed by atoms with Gasteiger partial charge in [0.15, 0.2) is 0 Å². The van der Waals surface area contributed by atoms with E-state index >= 15 is 0 Å². The molecule has 90 valence electrons. The molecule has 0 heterocycles. The summed E-state index contributed by atoms with van der Waals surface area (Å²) in [7, 11) is 1.77. The molecular weight excluding hydrogens is 192 g/mol. The van der Waals surface area contributed by atoms with Crippen molar-refractivity contribution in [3.63, 3.8) is 0 Å². The van der Waals surface area contributed by atoms with Gasteiger partial charge in [0.2, 0.25) is 5.91 Å². The van der Waals surface area contributed by atoms with E-state index in [0.29, 0.717) is 12.5 Å². The Morgan fingerprint density at radius 2 is 2.07 bits per heavy atom. The second-order valence-corrected chi connectivity index (χ2v) is 4.37. The van der Waals surface area contributed by atoms with E-state index in [1.54, 1.807) is 7.05 Å². The first kappa shape index (κ1) is 14.4. The van der Waals surface area contributed by atoms with Crippen molar-refractivity contribution in [1.29, 1.82) is 0 Å². The topological polar surface area (TPSA) is 61.4 Å². The quantitative estimate of drug-likeness (QED) is 0.581. The third-order valence-electron chi connectivity index (χ3n) is 2.86. The molecule has 1 amide bonds. The maximum atomic E-state index is 11.7. The van der Waals surface area contributed by atoms with E-state index in [1.165, 1.54) is 0 Å². The molecule has 0 spiro atoms. The van der Waals surface area contributed by atoms with Gasteiger partial charge in [-0.15, -0.1) is 0 Å². The predicted molar refractivity (Wildman–Crippen MR) is 61.6 cm³/mol. The van der Waals surface area contributed by atoms with Crippen molar-refractivity contribution in [1.82, 2.24) is 10.6 Å². The third-order valence-corrected chi connectivity index (χ3v) is 2.86. The van der Waals surface area contributed by atoms with Crippen LogP contribution in [0.2, 0.25) is 0 Å². The van der Waals surface area contributed by atoms with Gasteiger partial charge < -0.3 is 15.7 Å². The van der Waals surface area contributed by atoms with Crippen LogP contribution in [-0.4, -0.2) is 36.8 Å². The van der Waals surface area contributed by atoms with Crippen molar-refractivity contribution in [3.8, 4) is 0 Å². The summed E-state index contributed by atoms with van der Waals surface area (Å²) in [6.45, 7) is 6.57. The van der Waals surface area contributed by atoms with E-state index in [-0.39, 0.29) is 12.5 Å². The lowest BCUT2D eigenvalue weighted by molar-refractivity contribution is -0.126. The molecule has 4 heteroatoms. The maximum absolute atomic E-state index is 11.7. The summed E-state index contributed by atoms with van der Waals surface area (Å²) in [5, 5.41) is 14.7. The number of amides is 1. The van der Waals surface area contributed by atoms with Crippen LogP contribution in [0, 0.1) is 5.92 Å². The lowest BCUT2D eigenvalue weighted by Gasteiger charge is -2.24. The molecule has 3 N–H and O–H groups in total. The number of nitrogens with one attached hydrogen (secondary N) is 2. The highest BCUT2D eigenvalue weighted by molar-refractivity contribution is 5.85. The Morgan fingerprint density at radius 3 is 2.47 bits per heavy atom. The second kappa shape index (κ2) is 6.80. The average Bonchev–Trinajstić information content (AvgIpc) is 2.23. The summed E-state index contributed by atoms with van der Waals surface area (Å²) in [6, 6.07) is 0. The Hall–Kier alpha value is -0.610. The smallest absolute Gasteiger partial charge is 0.239 e. The maximum Gasteiger partial charge on any atom is 0.239 e. The van der Waals surface area contributed by atoms with Crippen molar-refractivity contribution >= 4 is 5.91 Å². The Balaban J connectivity index is 3.98. The molecule has 0 fully saturated rings. The minimum atomic E-state index is -0.530.